The van der Waals surface area contributed by atoms with E-state index in [9.17, 15) is 20.1 Å². The van der Waals surface area contributed by atoms with Crippen LogP contribution in [0.1, 0.15) is 6.23 Å². The van der Waals surface area contributed by atoms with E-state index in [-0.39, 0.29) is 17.0 Å². The second kappa shape index (κ2) is 12.4. The first-order valence-corrected chi connectivity index (χ1v) is 18.9. The summed E-state index contributed by atoms with van der Waals surface area (Å²) in [7, 11) is 0. The smallest absolute Gasteiger partial charge is 0.325 e. The number of carbonyl (C=O) groups excluding carboxylic acids is 1. The van der Waals surface area contributed by atoms with Crippen LogP contribution in [-0.2, 0) is 56.0 Å². The first-order valence-electron chi connectivity index (χ1n) is 13.7. The molecule has 47 heavy (non-hydrogen) atoms. The summed E-state index contributed by atoms with van der Waals surface area (Å²) in [6, 6.07) is -2.21. The number of aliphatic imine (C=N–C) groups is 1. The minimum Gasteiger partial charge on any atom is -0.382 e. The van der Waals surface area contributed by atoms with Crippen molar-refractivity contribution in [3.8, 4) is 0 Å². The molecule has 22 nitrogen and oxygen atoms in total. The van der Waals surface area contributed by atoms with E-state index in [1.807, 2.05) is 0 Å². The Balaban J connectivity index is 1.21. The second-order valence-electron chi connectivity index (χ2n) is 10.8. The number of hydrogen-bond donors (Lipinski definition) is 6. The number of nitrogens with two attached hydrogens (primary N) is 2. The molecule has 5 aliphatic rings. The standard InChI is InChI=1S/C20H26FN13O9P2S2/c21-8-6-1-38-45(37,47)43-13-9(31-32-24)7(41-19(13)33-4-27-10-14(22)25-3-26-15(10)33)2-39-44(36,46)42-12(8)18(40-6)34-5-28-11-16(34)29-20(23)30-17(11)35/h3-9,11-13,16,18-20,29H,1-2,23H2,(H,30,35)(H,36,46)(H,37,47)(H2,22,25,26)/t6-,7-,8-,9-,11?,12-,13-,16?,18-,19+,20?,44?,45?/m1/s1. The summed E-state index contributed by atoms with van der Waals surface area (Å²) in [6.07, 6.45) is -8.33. The zero-order valence-corrected chi connectivity index (χ0v) is 26.9. The van der Waals surface area contributed by atoms with Crippen molar-refractivity contribution >= 4 is 66.3 Å². The van der Waals surface area contributed by atoms with Crippen LogP contribution >= 0.6 is 13.4 Å². The third-order valence-corrected chi connectivity index (χ3v) is 11.0. The number of nitrogens with one attached hydrogen (secondary N) is 2. The lowest BCUT2D eigenvalue weighted by molar-refractivity contribution is -0.130. The number of aromatic nitrogens is 4. The zero-order chi connectivity index (χ0) is 33.2. The molecule has 8 N–H and O–H groups in total. The molecule has 5 unspecified atom stereocenters. The number of hydrogen-bond acceptors (Lipinski definition) is 18. The highest BCUT2D eigenvalue weighted by atomic mass is 32.5. The van der Waals surface area contributed by atoms with E-state index in [0.29, 0.717) is 0 Å². The number of alkyl halides is 1. The summed E-state index contributed by atoms with van der Waals surface area (Å²) in [5.41, 5.74) is 21.6. The molecule has 7 heterocycles. The molecule has 254 valence electrons. The van der Waals surface area contributed by atoms with Crippen LogP contribution in [0.5, 0.6) is 0 Å². The largest absolute Gasteiger partial charge is 0.382 e. The summed E-state index contributed by atoms with van der Waals surface area (Å²) in [5, 5.41) is 9.19. The quantitative estimate of drug-likeness (QED) is 0.0885. The number of fused-ring (bicyclic) bond motifs is 6. The Bertz CT molecular complexity index is 1760. The lowest BCUT2D eigenvalue weighted by atomic mass is 10.1. The van der Waals surface area contributed by atoms with Crippen molar-refractivity contribution in [3.63, 3.8) is 0 Å². The normalized spacial score (nSPS) is 43.7. The Morgan fingerprint density at radius 1 is 1.11 bits per heavy atom. The lowest BCUT2D eigenvalue weighted by Crippen LogP contribution is -2.70. The van der Waals surface area contributed by atoms with Gasteiger partial charge in [-0.3, -0.25) is 29.9 Å². The van der Waals surface area contributed by atoms with Gasteiger partial charge in [0.2, 0.25) is 0 Å². The minimum atomic E-state index is -4.31. The lowest BCUT2D eigenvalue weighted by Gasteiger charge is -2.39. The van der Waals surface area contributed by atoms with E-state index in [1.54, 1.807) is 0 Å². The molecule has 0 saturated carbocycles. The number of imidazole rings is 1. The number of anilines is 1. The maximum atomic E-state index is 16.1. The fourth-order valence-electron chi connectivity index (χ4n) is 5.88. The van der Waals surface area contributed by atoms with E-state index >= 15 is 4.39 Å². The molecule has 4 bridgehead atoms. The Morgan fingerprint density at radius 3 is 2.55 bits per heavy atom. The van der Waals surface area contributed by atoms with Gasteiger partial charge in [0.25, 0.3) is 5.91 Å². The van der Waals surface area contributed by atoms with Crippen LogP contribution in [0, 0.1) is 0 Å². The van der Waals surface area contributed by atoms with Gasteiger partial charge in [-0.25, -0.2) is 19.3 Å². The summed E-state index contributed by atoms with van der Waals surface area (Å²) in [5.74, 6) is -0.417. The van der Waals surface area contributed by atoms with E-state index in [4.69, 9.17) is 62.6 Å². The SMILES string of the molecule is [N-]=[N+]=N[C@H]1[C@H]2OP(O)(=S)OC[C@H]3O[C@@H](N4C=NC5C(=O)NC(N)NC54)[C@H](OP(O)(=S)OC[C@H]1O[C@@H]2n1cnc2c(N)ncnc21)[C@@H]3F. The fourth-order valence-corrected chi connectivity index (χ4v) is 8.69. The Morgan fingerprint density at radius 2 is 1.81 bits per heavy atom. The van der Waals surface area contributed by atoms with Crippen molar-refractivity contribution in [3.05, 3.63) is 23.1 Å². The second-order valence-corrected chi connectivity index (χ2v) is 16.4. The van der Waals surface area contributed by atoms with Gasteiger partial charge >= 0.3 is 13.4 Å². The predicted molar refractivity (Wildman–Crippen MR) is 162 cm³/mol. The highest BCUT2D eigenvalue weighted by Crippen LogP contribution is 2.54. The van der Waals surface area contributed by atoms with Crippen LogP contribution in [0.2, 0.25) is 0 Å². The molecule has 4 saturated heterocycles. The van der Waals surface area contributed by atoms with E-state index in [1.165, 1.54) is 28.5 Å². The van der Waals surface area contributed by atoms with Crippen molar-refractivity contribution in [1.82, 2.24) is 35.1 Å². The summed E-state index contributed by atoms with van der Waals surface area (Å²) in [4.78, 5) is 55.5. The van der Waals surface area contributed by atoms with Crippen molar-refractivity contribution in [2.75, 3.05) is 18.9 Å². The average Bonchev–Trinajstić information content (AvgIpc) is 3.76. The maximum absolute atomic E-state index is 16.1. The highest BCUT2D eigenvalue weighted by Gasteiger charge is 2.56. The highest BCUT2D eigenvalue weighted by molar-refractivity contribution is 8.07. The molecular weight excluding hydrogens is 711 g/mol. The zero-order valence-electron chi connectivity index (χ0n) is 23.5. The summed E-state index contributed by atoms with van der Waals surface area (Å²) >= 11 is 10.5. The number of nitrogen functional groups attached to an aromatic ring is 1. The van der Waals surface area contributed by atoms with Crippen LogP contribution in [-0.4, -0.2) is 121 Å². The van der Waals surface area contributed by atoms with Crippen LogP contribution in [0.25, 0.3) is 21.6 Å². The van der Waals surface area contributed by atoms with Gasteiger partial charge in [0.15, 0.2) is 36.1 Å². The van der Waals surface area contributed by atoms with Crippen LogP contribution < -0.4 is 22.1 Å². The Hall–Kier alpha value is -2.57. The Kier molecular flexibility index (Phi) is 8.69. The third kappa shape index (κ3) is 6.11. The van der Waals surface area contributed by atoms with Gasteiger partial charge in [-0.15, -0.1) is 0 Å². The van der Waals surface area contributed by atoms with Crippen molar-refractivity contribution in [2.24, 2.45) is 15.8 Å². The molecule has 5 aliphatic heterocycles. The molecule has 13 atom stereocenters. The number of azide groups is 1. The molecule has 0 aromatic carbocycles. The molecular formula is C20H26FN13O9P2S2. The topological polar surface area (TPSA) is 297 Å². The molecule has 27 heteroatoms. The van der Waals surface area contributed by atoms with Gasteiger partial charge in [-0.1, -0.05) is 5.11 Å². The van der Waals surface area contributed by atoms with Gasteiger partial charge in [-0.05, 0) is 29.1 Å². The number of nitrogens with zero attached hydrogens (tertiary/aromatic N) is 9. The van der Waals surface area contributed by atoms with E-state index < -0.39 is 100 Å². The summed E-state index contributed by atoms with van der Waals surface area (Å²) in [6.45, 7) is -9.82. The summed E-state index contributed by atoms with van der Waals surface area (Å²) < 4.78 is 52.2. The van der Waals surface area contributed by atoms with Crippen LogP contribution in [0.15, 0.2) is 22.8 Å². The molecule has 4 fully saturated rings. The Labute approximate surface area is 273 Å². The average molecular weight is 738 g/mol. The van der Waals surface area contributed by atoms with Gasteiger partial charge in [0, 0.05) is 4.91 Å². The van der Waals surface area contributed by atoms with Crippen molar-refractivity contribution in [1.29, 1.82) is 0 Å². The van der Waals surface area contributed by atoms with Gasteiger partial charge in [0.05, 0.1) is 38.0 Å². The van der Waals surface area contributed by atoms with E-state index in [2.05, 4.69) is 40.6 Å². The number of carbonyl (C=O) groups is 1. The third-order valence-electron chi connectivity index (χ3n) is 7.93. The molecule has 1 amide bonds. The fraction of sp³-hybridized carbons (Fsp3) is 0.650. The molecule has 0 spiro atoms. The molecule has 2 aromatic rings. The molecule has 7 rings (SSSR count). The number of rotatable bonds is 3. The first-order chi connectivity index (χ1) is 22.4. The number of ether oxygens (including phenoxy) is 2. The minimum absolute atomic E-state index is 0.0676. The van der Waals surface area contributed by atoms with Gasteiger partial charge < -0.3 is 48.8 Å². The van der Waals surface area contributed by atoms with E-state index in [0.717, 1.165) is 0 Å². The molecule has 2 aromatic heterocycles. The molecule has 0 radical (unpaired) electrons. The number of halogens is 1. The van der Waals surface area contributed by atoms with Gasteiger partial charge in [-0.2, -0.15) is 0 Å². The number of amides is 1. The van der Waals surface area contributed by atoms with Crippen molar-refractivity contribution in [2.45, 2.75) is 67.6 Å². The first kappa shape index (κ1) is 33.0. The molecule has 0 aliphatic carbocycles. The monoisotopic (exact) mass is 737 g/mol. The maximum Gasteiger partial charge on any atom is 0.325 e. The van der Waals surface area contributed by atoms with Gasteiger partial charge in [0.1, 0.15) is 42.6 Å². The predicted octanol–water partition coefficient (Wildman–Crippen LogP) is -1.70. The van der Waals surface area contributed by atoms with Crippen molar-refractivity contribution < 1.29 is 46.5 Å². The van der Waals surface area contributed by atoms with Crippen LogP contribution in [0.4, 0.5) is 10.2 Å². The van der Waals surface area contributed by atoms with Crippen LogP contribution in [0.3, 0.4) is 0 Å².